The van der Waals surface area contributed by atoms with Crippen LogP contribution < -0.4 is 5.32 Å². The van der Waals surface area contributed by atoms with Gasteiger partial charge in [-0.25, -0.2) is 0 Å². The maximum Gasteiger partial charge on any atom is 0.233 e. The number of aromatic nitrogens is 2. The molecule has 2 aromatic rings. The first-order valence-corrected chi connectivity index (χ1v) is 9.63. The first-order valence-electron chi connectivity index (χ1n) is 9.63. The molecule has 0 radical (unpaired) electrons. The van der Waals surface area contributed by atoms with Gasteiger partial charge >= 0.3 is 0 Å². The molecular weight excluding hydrogens is 328 g/mol. The van der Waals surface area contributed by atoms with Gasteiger partial charge in [0.15, 0.2) is 0 Å². The molecule has 1 aliphatic heterocycles. The van der Waals surface area contributed by atoms with Crippen LogP contribution in [-0.4, -0.2) is 27.5 Å². The van der Waals surface area contributed by atoms with Gasteiger partial charge in [0.05, 0.1) is 6.04 Å². The molecule has 6 heteroatoms. The molecule has 1 aromatic carbocycles. The number of piperidine rings is 1. The van der Waals surface area contributed by atoms with Gasteiger partial charge in [-0.3, -0.25) is 9.69 Å². The third-order valence-corrected chi connectivity index (χ3v) is 5.47. The third kappa shape index (κ3) is 3.80. The number of hydrogen-bond acceptors (Lipinski definition) is 5. The Bertz CT molecular complexity index is 751. The number of benzene rings is 1. The molecule has 2 heterocycles. The van der Waals surface area contributed by atoms with Crippen LogP contribution in [0.15, 0.2) is 28.7 Å². The van der Waals surface area contributed by atoms with E-state index in [2.05, 4.69) is 32.5 Å². The molecule has 1 N–H and O–H groups in total. The quantitative estimate of drug-likeness (QED) is 0.878. The second-order valence-electron chi connectivity index (χ2n) is 7.47. The number of carbonyl (C=O) groups excluding carboxylic acids is 1. The van der Waals surface area contributed by atoms with Crippen molar-refractivity contribution in [2.24, 2.45) is 0 Å². The molecule has 1 saturated carbocycles. The van der Waals surface area contributed by atoms with Gasteiger partial charge in [0.1, 0.15) is 0 Å². The summed E-state index contributed by atoms with van der Waals surface area (Å²) in [6.45, 7) is 3.42. The Labute approximate surface area is 154 Å². The number of amides is 1. The van der Waals surface area contributed by atoms with E-state index in [9.17, 15) is 4.79 Å². The van der Waals surface area contributed by atoms with Crippen molar-refractivity contribution in [3.05, 3.63) is 41.6 Å². The van der Waals surface area contributed by atoms with Gasteiger partial charge in [-0.2, -0.15) is 0 Å². The number of anilines is 1. The lowest BCUT2D eigenvalue weighted by Crippen LogP contribution is -2.33. The predicted molar refractivity (Wildman–Crippen MR) is 98.6 cm³/mol. The Morgan fingerprint density at radius 3 is 2.58 bits per heavy atom. The highest BCUT2D eigenvalue weighted by molar-refractivity contribution is 5.88. The van der Waals surface area contributed by atoms with Crippen molar-refractivity contribution >= 4 is 11.6 Å². The van der Waals surface area contributed by atoms with Gasteiger partial charge in [0, 0.05) is 25.1 Å². The summed E-state index contributed by atoms with van der Waals surface area (Å²) in [4.78, 5) is 13.6. The van der Waals surface area contributed by atoms with Crippen molar-refractivity contribution in [2.45, 2.75) is 64.0 Å². The van der Waals surface area contributed by atoms with Crippen LogP contribution in [0.5, 0.6) is 0 Å². The molecule has 26 heavy (non-hydrogen) atoms. The normalized spacial score (nSPS) is 21.3. The van der Waals surface area contributed by atoms with Crippen molar-refractivity contribution < 1.29 is 9.21 Å². The minimum Gasteiger partial charge on any atom is -0.423 e. The maximum absolute atomic E-state index is 11.1. The van der Waals surface area contributed by atoms with E-state index in [4.69, 9.17) is 4.42 Å². The Hall–Kier alpha value is -2.21. The topological polar surface area (TPSA) is 71.3 Å². The van der Waals surface area contributed by atoms with Gasteiger partial charge in [-0.05, 0) is 49.9 Å². The lowest BCUT2D eigenvalue weighted by atomic mass is 9.85. The molecule has 1 aromatic heterocycles. The van der Waals surface area contributed by atoms with E-state index in [1.165, 1.54) is 44.6 Å². The van der Waals surface area contributed by atoms with Crippen LogP contribution in [-0.2, 0) is 11.3 Å². The number of nitrogens with zero attached hydrogens (tertiary/aromatic N) is 3. The fourth-order valence-electron chi connectivity index (χ4n) is 3.79. The second kappa shape index (κ2) is 7.58. The van der Waals surface area contributed by atoms with Gasteiger partial charge < -0.3 is 9.73 Å². The average Bonchev–Trinajstić information content (AvgIpc) is 3.04. The fraction of sp³-hybridized carbons (Fsp3) is 0.550. The Morgan fingerprint density at radius 2 is 1.88 bits per heavy atom. The van der Waals surface area contributed by atoms with E-state index in [1.54, 1.807) is 0 Å². The van der Waals surface area contributed by atoms with E-state index < -0.39 is 0 Å². The fourth-order valence-corrected chi connectivity index (χ4v) is 3.79. The summed E-state index contributed by atoms with van der Waals surface area (Å²) in [5.74, 6) is 2.04. The van der Waals surface area contributed by atoms with E-state index in [0.29, 0.717) is 5.92 Å². The van der Waals surface area contributed by atoms with E-state index in [-0.39, 0.29) is 11.9 Å². The standard InChI is InChI=1S/C20H26N4O2/c1-14(25)21-17-10-8-15(9-11-17)13-24-12-3-2-7-18(24)20-23-22-19(26-20)16-5-4-6-16/h8-11,16,18H,2-7,12-13H2,1H3,(H,21,25). The lowest BCUT2D eigenvalue weighted by molar-refractivity contribution is -0.114. The predicted octanol–water partition coefficient (Wildman–Crippen LogP) is 4.02. The van der Waals surface area contributed by atoms with Crippen LogP contribution in [0.1, 0.15) is 74.8 Å². The Morgan fingerprint density at radius 1 is 1.12 bits per heavy atom. The number of nitrogens with one attached hydrogen (secondary N) is 1. The van der Waals surface area contributed by atoms with E-state index >= 15 is 0 Å². The maximum atomic E-state index is 11.1. The smallest absolute Gasteiger partial charge is 0.233 e. The van der Waals surface area contributed by atoms with Gasteiger partial charge in [-0.15, -0.1) is 10.2 Å². The molecular formula is C20H26N4O2. The average molecular weight is 354 g/mol. The summed E-state index contributed by atoms with van der Waals surface area (Å²) in [6, 6.07) is 8.27. The molecule has 1 saturated heterocycles. The van der Waals surface area contributed by atoms with E-state index in [1.807, 2.05) is 12.1 Å². The molecule has 1 atom stereocenters. The summed E-state index contributed by atoms with van der Waals surface area (Å²) in [5, 5.41) is 11.5. The lowest BCUT2D eigenvalue weighted by Gasteiger charge is -2.33. The second-order valence-corrected chi connectivity index (χ2v) is 7.47. The number of hydrogen-bond donors (Lipinski definition) is 1. The first-order chi connectivity index (χ1) is 12.7. The highest BCUT2D eigenvalue weighted by Crippen LogP contribution is 2.38. The molecule has 138 valence electrons. The minimum atomic E-state index is -0.0486. The van der Waals surface area contributed by atoms with Crippen molar-refractivity contribution in [2.75, 3.05) is 11.9 Å². The minimum absolute atomic E-state index is 0.0486. The van der Waals surface area contributed by atoms with Crippen LogP contribution in [0.3, 0.4) is 0 Å². The van der Waals surface area contributed by atoms with Crippen LogP contribution in [0.2, 0.25) is 0 Å². The van der Waals surface area contributed by atoms with E-state index in [0.717, 1.165) is 37.0 Å². The van der Waals surface area contributed by atoms with Crippen molar-refractivity contribution in [3.63, 3.8) is 0 Å². The van der Waals surface area contributed by atoms with Crippen molar-refractivity contribution in [1.29, 1.82) is 0 Å². The zero-order valence-corrected chi connectivity index (χ0v) is 15.3. The summed E-state index contributed by atoms with van der Waals surface area (Å²) in [7, 11) is 0. The van der Waals surface area contributed by atoms with Gasteiger partial charge in [0.25, 0.3) is 0 Å². The number of rotatable bonds is 5. The Kier molecular flexibility index (Phi) is 5.02. The summed E-state index contributed by atoms with van der Waals surface area (Å²) in [6.07, 6.45) is 7.09. The molecule has 4 rings (SSSR count). The highest BCUT2D eigenvalue weighted by atomic mass is 16.4. The molecule has 2 fully saturated rings. The van der Waals surface area contributed by atoms with Gasteiger partial charge in [-0.1, -0.05) is 25.0 Å². The zero-order valence-electron chi connectivity index (χ0n) is 15.3. The molecule has 0 spiro atoms. The summed E-state index contributed by atoms with van der Waals surface area (Å²) < 4.78 is 6.05. The Balaban J connectivity index is 1.45. The highest BCUT2D eigenvalue weighted by Gasteiger charge is 2.31. The molecule has 2 aliphatic rings. The van der Waals surface area contributed by atoms with Crippen molar-refractivity contribution in [1.82, 2.24) is 15.1 Å². The molecule has 6 nitrogen and oxygen atoms in total. The zero-order chi connectivity index (χ0) is 17.9. The molecule has 1 unspecified atom stereocenters. The number of likely N-dealkylation sites (tertiary alicyclic amines) is 1. The summed E-state index contributed by atoms with van der Waals surface area (Å²) >= 11 is 0. The monoisotopic (exact) mass is 354 g/mol. The van der Waals surface area contributed by atoms with Crippen LogP contribution >= 0.6 is 0 Å². The molecule has 1 amide bonds. The largest absolute Gasteiger partial charge is 0.423 e. The van der Waals surface area contributed by atoms with Crippen LogP contribution in [0, 0.1) is 0 Å². The first kappa shape index (κ1) is 17.2. The van der Waals surface area contributed by atoms with Crippen LogP contribution in [0.25, 0.3) is 0 Å². The van der Waals surface area contributed by atoms with Crippen LogP contribution in [0.4, 0.5) is 5.69 Å². The molecule has 1 aliphatic carbocycles. The third-order valence-electron chi connectivity index (χ3n) is 5.47. The SMILES string of the molecule is CC(=O)Nc1ccc(CN2CCCCC2c2nnc(C3CCC3)o2)cc1. The van der Waals surface area contributed by atoms with Gasteiger partial charge in [0.2, 0.25) is 17.7 Å². The summed E-state index contributed by atoms with van der Waals surface area (Å²) in [5.41, 5.74) is 2.06. The van der Waals surface area contributed by atoms with Crippen molar-refractivity contribution in [3.8, 4) is 0 Å². The number of carbonyl (C=O) groups is 1. The molecule has 0 bridgehead atoms.